The molecule has 0 N–H and O–H groups in total. The number of alkyl halides is 3. The second-order valence-corrected chi connectivity index (χ2v) is 3.23. The number of carbonyl (C=O) groups is 1. The van der Waals surface area contributed by atoms with Gasteiger partial charge in [0.15, 0.2) is 0 Å². The second-order valence-electron chi connectivity index (χ2n) is 3.23. The fraction of sp³-hybridized carbons (Fsp3) is 0.556. The van der Waals surface area contributed by atoms with Crippen molar-refractivity contribution in [3.8, 4) is 0 Å². The Kier molecular flexibility index (Phi) is 4.11. The molecule has 0 fully saturated rings. The lowest BCUT2D eigenvalue weighted by atomic mass is 10.2. The van der Waals surface area contributed by atoms with Crippen LogP contribution < -0.4 is 0 Å². The van der Waals surface area contributed by atoms with E-state index in [0.717, 1.165) is 0 Å². The van der Waals surface area contributed by atoms with Crippen molar-refractivity contribution >= 4 is 5.97 Å². The average Bonchev–Trinajstić information content (AvgIpc) is 2.58. The van der Waals surface area contributed by atoms with Crippen LogP contribution in [0.25, 0.3) is 0 Å². The van der Waals surface area contributed by atoms with E-state index in [9.17, 15) is 18.0 Å². The lowest BCUT2D eigenvalue weighted by Crippen LogP contribution is -2.18. The van der Waals surface area contributed by atoms with E-state index in [0.29, 0.717) is 0 Å². The van der Waals surface area contributed by atoms with E-state index in [-0.39, 0.29) is 17.9 Å². The van der Waals surface area contributed by atoms with Gasteiger partial charge in [-0.3, -0.25) is 4.68 Å². The fourth-order valence-electron chi connectivity index (χ4n) is 1.18. The molecule has 17 heavy (non-hydrogen) atoms. The third-order valence-electron chi connectivity index (χ3n) is 1.97. The summed E-state index contributed by atoms with van der Waals surface area (Å²) in [7, 11) is 2.68. The molecule has 0 aliphatic rings. The monoisotopic (exact) mass is 252 g/mol. The molecule has 0 unspecified atom stereocenters. The Labute approximate surface area is 95.1 Å². The molecule has 1 aromatic heterocycles. The van der Waals surface area contributed by atoms with Gasteiger partial charge < -0.3 is 9.47 Å². The standard InChI is InChI=1S/C9H11F3N2O3/c1-14-7(4-17-5-9(10,11)12)6(3-13-14)8(15)16-2/h3H,4-5H2,1-2H3. The van der Waals surface area contributed by atoms with Crippen molar-refractivity contribution in [1.82, 2.24) is 9.78 Å². The minimum atomic E-state index is -4.40. The first-order valence-corrected chi connectivity index (χ1v) is 4.59. The van der Waals surface area contributed by atoms with Gasteiger partial charge in [-0.25, -0.2) is 4.79 Å². The summed E-state index contributed by atoms with van der Waals surface area (Å²) in [5, 5.41) is 3.76. The summed E-state index contributed by atoms with van der Waals surface area (Å²) < 4.78 is 45.8. The number of halogens is 3. The molecule has 0 bridgehead atoms. The lowest BCUT2D eigenvalue weighted by molar-refractivity contribution is -0.177. The minimum absolute atomic E-state index is 0.0946. The van der Waals surface area contributed by atoms with Crippen LogP contribution in [-0.4, -0.2) is 35.6 Å². The Bertz CT molecular complexity index is 401. The van der Waals surface area contributed by atoms with Crippen molar-refractivity contribution in [3.63, 3.8) is 0 Å². The first-order chi connectivity index (χ1) is 7.85. The van der Waals surface area contributed by atoms with Crippen LogP contribution in [0.4, 0.5) is 13.2 Å². The van der Waals surface area contributed by atoms with Crippen LogP contribution in [0.3, 0.4) is 0 Å². The van der Waals surface area contributed by atoms with Crippen molar-refractivity contribution in [2.24, 2.45) is 7.05 Å². The van der Waals surface area contributed by atoms with Crippen LogP contribution in [0, 0.1) is 0 Å². The number of hydrogen-bond donors (Lipinski definition) is 0. The molecule has 8 heteroatoms. The van der Waals surface area contributed by atoms with Gasteiger partial charge in [0.2, 0.25) is 0 Å². The fourth-order valence-corrected chi connectivity index (χ4v) is 1.18. The van der Waals surface area contributed by atoms with Gasteiger partial charge in [-0.2, -0.15) is 18.3 Å². The van der Waals surface area contributed by atoms with Gasteiger partial charge in [-0.05, 0) is 0 Å². The molecular weight excluding hydrogens is 241 g/mol. The zero-order chi connectivity index (χ0) is 13.1. The first-order valence-electron chi connectivity index (χ1n) is 4.59. The summed E-state index contributed by atoms with van der Waals surface area (Å²) in [5.41, 5.74) is 0.332. The van der Waals surface area contributed by atoms with Crippen LogP contribution in [0.1, 0.15) is 16.1 Å². The Hall–Kier alpha value is -1.57. The van der Waals surface area contributed by atoms with E-state index >= 15 is 0 Å². The molecule has 96 valence electrons. The molecule has 0 atom stereocenters. The van der Waals surface area contributed by atoms with Gasteiger partial charge in [0.1, 0.15) is 12.2 Å². The molecule has 0 aliphatic heterocycles. The Morgan fingerprint density at radius 2 is 2.18 bits per heavy atom. The highest BCUT2D eigenvalue weighted by molar-refractivity contribution is 5.90. The number of aromatic nitrogens is 2. The van der Waals surface area contributed by atoms with Crippen LogP contribution in [0.2, 0.25) is 0 Å². The number of hydrogen-bond acceptors (Lipinski definition) is 4. The maximum absolute atomic E-state index is 11.9. The molecule has 0 spiro atoms. The van der Waals surface area contributed by atoms with Crippen LogP contribution in [0.5, 0.6) is 0 Å². The number of nitrogens with zero attached hydrogens (tertiary/aromatic N) is 2. The molecule has 0 amide bonds. The molecule has 5 nitrogen and oxygen atoms in total. The third-order valence-corrected chi connectivity index (χ3v) is 1.97. The number of ether oxygens (including phenoxy) is 2. The number of esters is 1. The largest absolute Gasteiger partial charge is 0.465 e. The molecule has 0 aliphatic carbocycles. The topological polar surface area (TPSA) is 53.3 Å². The maximum Gasteiger partial charge on any atom is 0.411 e. The third kappa shape index (κ3) is 3.74. The zero-order valence-electron chi connectivity index (χ0n) is 9.24. The average molecular weight is 252 g/mol. The Morgan fingerprint density at radius 3 is 2.71 bits per heavy atom. The van der Waals surface area contributed by atoms with E-state index < -0.39 is 18.8 Å². The second kappa shape index (κ2) is 5.17. The van der Waals surface area contributed by atoms with Gasteiger partial charge in [0, 0.05) is 7.05 Å². The molecule has 0 aromatic carbocycles. The van der Waals surface area contributed by atoms with Crippen molar-refractivity contribution in [2.75, 3.05) is 13.7 Å². The maximum atomic E-state index is 11.9. The summed E-state index contributed by atoms with van der Waals surface area (Å²) in [4.78, 5) is 11.3. The smallest absolute Gasteiger partial charge is 0.411 e. The van der Waals surface area contributed by atoms with Gasteiger partial charge in [-0.1, -0.05) is 0 Å². The molecule has 1 aromatic rings. The number of carbonyl (C=O) groups excluding carboxylic acids is 1. The highest BCUT2D eigenvalue weighted by Crippen LogP contribution is 2.17. The predicted molar refractivity (Wildman–Crippen MR) is 50.3 cm³/mol. The van der Waals surface area contributed by atoms with Crippen molar-refractivity contribution in [2.45, 2.75) is 12.8 Å². The number of aryl methyl sites for hydroxylation is 1. The predicted octanol–water partition coefficient (Wildman–Crippen LogP) is 1.29. The first kappa shape index (κ1) is 13.5. The van der Waals surface area contributed by atoms with Crippen LogP contribution in [-0.2, 0) is 23.1 Å². The van der Waals surface area contributed by atoms with E-state index in [1.54, 1.807) is 0 Å². The highest BCUT2D eigenvalue weighted by atomic mass is 19.4. The lowest BCUT2D eigenvalue weighted by Gasteiger charge is -2.08. The van der Waals surface area contributed by atoms with Crippen molar-refractivity contribution in [1.29, 1.82) is 0 Å². The summed E-state index contributed by atoms with van der Waals surface area (Å²) >= 11 is 0. The molecule has 1 rings (SSSR count). The molecule has 0 radical (unpaired) electrons. The SMILES string of the molecule is COC(=O)c1cnn(C)c1COCC(F)(F)F. The summed E-state index contributed by atoms with van der Waals surface area (Å²) in [6.45, 7) is -1.74. The van der Waals surface area contributed by atoms with Gasteiger partial charge in [-0.15, -0.1) is 0 Å². The molecular formula is C9H11F3N2O3. The van der Waals surface area contributed by atoms with Crippen molar-refractivity contribution in [3.05, 3.63) is 17.5 Å². The number of methoxy groups -OCH3 is 1. The van der Waals surface area contributed by atoms with Crippen LogP contribution in [0.15, 0.2) is 6.20 Å². The summed E-state index contributed by atoms with van der Waals surface area (Å²) in [5.74, 6) is -0.663. The van der Waals surface area contributed by atoms with Gasteiger partial charge in [0.25, 0.3) is 0 Å². The van der Waals surface area contributed by atoms with Crippen molar-refractivity contribution < 1.29 is 27.4 Å². The van der Waals surface area contributed by atoms with Gasteiger partial charge in [0.05, 0.1) is 25.6 Å². The minimum Gasteiger partial charge on any atom is -0.465 e. The van der Waals surface area contributed by atoms with Crippen LogP contribution >= 0.6 is 0 Å². The van der Waals surface area contributed by atoms with E-state index in [1.165, 1.54) is 25.0 Å². The quantitative estimate of drug-likeness (QED) is 0.757. The zero-order valence-corrected chi connectivity index (χ0v) is 9.24. The molecule has 0 saturated heterocycles. The van der Waals surface area contributed by atoms with E-state index in [2.05, 4.69) is 14.6 Å². The highest BCUT2D eigenvalue weighted by Gasteiger charge is 2.28. The normalized spacial score (nSPS) is 11.6. The van der Waals surface area contributed by atoms with E-state index in [4.69, 9.17) is 0 Å². The Morgan fingerprint density at radius 1 is 1.53 bits per heavy atom. The summed E-state index contributed by atoms with van der Waals surface area (Å²) in [6, 6.07) is 0. The summed E-state index contributed by atoms with van der Waals surface area (Å²) in [6.07, 6.45) is -3.18. The molecule has 1 heterocycles. The van der Waals surface area contributed by atoms with Gasteiger partial charge >= 0.3 is 12.1 Å². The Balaban J connectivity index is 2.70. The number of rotatable bonds is 4. The molecule has 0 saturated carbocycles. The van der Waals surface area contributed by atoms with E-state index in [1.807, 2.05) is 0 Å².